The molecule has 1 aromatic carbocycles. The lowest BCUT2D eigenvalue weighted by Gasteiger charge is -2.17. The van der Waals surface area contributed by atoms with E-state index in [2.05, 4.69) is 10.3 Å². The van der Waals surface area contributed by atoms with Gasteiger partial charge < -0.3 is 15.0 Å². The fourth-order valence-electron chi connectivity index (χ4n) is 2.28. The minimum Gasteiger partial charge on any atom is -0.491 e. The van der Waals surface area contributed by atoms with Crippen molar-refractivity contribution in [1.29, 1.82) is 0 Å². The van der Waals surface area contributed by atoms with Crippen LogP contribution in [0.5, 0.6) is 5.75 Å². The molecule has 1 aromatic heterocycles. The average Bonchev–Trinajstić information content (AvgIpc) is 2.54. The molecule has 1 heterocycles. The Hall–Kier alpha value is -2.56. The highest BCUT2D eigenvalue weighted by Crippen LogP contribution is 2.20. The van der Waals surface area contributed by atoms with Gasteiger partial charge in [-0.05, 0) is 50.6 Å². The zero-order chi connectivity index (χ0) is 17.7. The molecule has 0 fully saturated rings. The lowest BCUT2D eigenvalue weighted by molar-refractivity contribution is 0.0939. The van der Waals surface area contributed by atoms with Crippen LogP contribution < -0.4 is 15.0 Å². The fraction of sp³-hybridized carbons (Fsp3) is 0.368. The molecule has 0 spiro atoms. The van der Waals surface area contributed by atoms with Crippen molar-refractivity contribution in [2.75, 3.05) is 19.0 Å². The number of carbonyl (C=O) groups excluding carboxylic acids is 1. The number of anilines is 1. The highest BCUT2D eigenvalue weighted by atomic mass is 16.5. The third-order valence-corrected chi connectivity index (χ3v) is 3.55. The summed E-state index contributed by atoms with van der Waals surface area (Å²) in [6.45, 7) is 5.93. The van der Waals surface area contributed by atoms with Gasteiger partial charge in [0.05, 0.1) is 17.7 Å². The van der Waals surface area contributed by atoms with Gasteiger partial charge in [-0.1, -0.05) is 12.1 Å². The van der Waals surface area contributed by atoms with E-state index in [-0.39, 0.29) is 18.1 Å². The molecule has 0 saturated heterocycles. The van der Waals surface area contributed by atoms with E-state index in [1.807, 2.05) is 70.1 Å². The van der Waals surface area contributed by atoms with Crippen molar-refractivity contribution in [3.63, 3.8) is 0 Å². The van der Waals surface area contributed by atoms with Crippen molar-refractivity contribution in [2.45, 2.75) is 32.9 Å². The Morgan fingerprint density at radius 3 is 2.50 bits per heavy atom. The molecule has 0 saturated carbocycles. The second kappa shape index (κ2) is 7.81. The molecule has 2 rings (SSSR count). The van der Waals surface area contributed by atoms with Crippen LogP contribution in [0, 0.1) is 0 Å². The van der Waals surface area contributed by atoms with E-state index in [0.29, 0.717) is 5.56 Å². The number of nitrogens with one attached hydrogen (secondary N) is 1. The summed E-state index contributed by atoms with van der Waals surface area (Å²) in [6, 6.07) is 11.3. The van der Waals surface area contributed by atoms with Crippen LogP contribution in [-0.2, 0) is 0 Å². The topological polar surface area (TPSA) is 54.5 Å². The van der Waals surface area contributed by atoms with Gasteiger partial charge in [-0.3, -0.25) is 4.79 Å². The van der Waals surface area contributed by atoms with Crippen molar-refractivity contribution >= 4 is 11.7 Å². The van der Waals surface area contributed by atoms with E-state index < -0.39 is 0 Å². The van der Waals surface area contributed by atoms with E-state index in [1.54, 1.807) is 12.3 Å². The quantitative estimate of drug-likeness (QED) is 0.883. The minimum atomic E-state index is -0.143. The maximum Gasteiger partial charge on any atom is 0.253 e. The van der Waals surface area contributed by atoms with Gasteiger partial charge in [0.2, 0.25) is 0 Å². The van der Waals surface area contributed by atoms with E-state index >= 15 is 0 Å². The summed E-state index contributed by atoms with van der Waals surface area (Å²) in [5.41, 5.74) is 1.54. The zero-order valence-electron chi connectivity index (χ0n) is 14.9. The molecular formula is C19H25N3O2. The van der Waals surface area contributed by atoms with Crippen LogP contribution >= 0.6 is 0 Å². The largest absolute Gasteiger partial charge is 0.491 e. The van der Waals surface area contributed by atoms with Gasteiger partial charge in [-0.25, -0.2) is 4.98 Å². The molecule has 5 heteroatoms. The Balaban J connectivity index is 2.05. The molecule has 128 valence electrons. The van der Waals surface area contributed by atoms with Crippen molar-refractivity contribution in [3.05, 3.63) is 53.7 Å². The van der Waals surface area contributed by atoms with Crippen LogP contribution in [0.1, 0.15) is 42.7 Å². The number of amides is 1. The smallest absolute Gasteiger partial charge is 0.253 e. The van der Waals surface area contributed by atoms with E-state index in [0.717, 1.165) is 17.1 Å². The first-order valence-corrected chi connectivity index (χ1v) is 8.07. The number of benzene rings is 1. The first-order chi connectivity index (χ1) is 11.4. The van der Waals surface area contributed by atoms with E-state index in [4.69, 9.17) is 4.74 Å². The first-order valence-electron chi connectivity index (χ1n) is 8.07. The van der Waals surface area contributed by atoms with Gasteiger partial charge in [0, 0.05) is 20.3 Å². The second-order valence-corrected chi connectivity index (χ2v) is 6.23. The zero-order valence-corrected chi connectivity index (χ0v) is 14.9. The van der Waals surface area contributed by atoms with Gasteiger partial charge in [0.25, 0.3) is 5.91 Å². The molecule has 0 radical (unpaired) electrons. The number of pyridine rings is 1. The normalized spacial score (nSPS) is 11.9. The molecule has 0 bridgehead atoms. The van der Waals surface area contributed by atoms with Crippen molar-refractivity contribution in [2.24, 2.45) is 0 Å². The molecule has 1 unspecified atom stereocenters. The summed E-state index contributed by atoms with van der Waals surface area (Å²) in [5.74, 6) is 1.48. The molecule has 1 amide bonds. The molecule has 1 atom stereocenters. The Morgan fingerprint density at radius 1 is 1.17 bits per heavy atom. The summed E-state index contributed by atoms with van der Waals surface area (Å²) < 4.78 is 5.70. The maximum atomic E-state index is 12.4. The highest BCUT2D eigenvalue weighted by molar-refractivity contribution is 5.94. The number of aromatic nitrogens is 1. The second-order valence-electron chi connectivity index (χ2n) is 6.23. The van der Waals surface area contributed by atoms with Crippen molar-refractivity contribution < 1.29 is 9.53 Å². The van der Waals surface area contributed by atoms with Crippen LogP contribution in [0.25, 0.3) is 0 Å². The summed E-state index contributed by atoms with van der Waals surface area (Å²) in [6.07, 6.45) is 1.71. The minimum absolute atomic E-state index is 0.117. The molecule has 0 aliphatic rings. The lowest BCUT2D eigenvalue weighted by atomic mass is 10.1. The van der Waals surface area contributed by atoms with Crippen LogP contribution in [0.15, 0.2) is 42.6 Å². The average molecular weight is 327 g/mol. The van der Waals surface area contributed by atoms with Crippen LogP contribution in [-0.4, -0.2) is 31.1 Å². The van der Waals surface area contributed by atoms with Crippen LogP contribution in [0.4, 0.5) is 5.82 Å². The predicted molar refractivity (Wildman–Crippen MR) is 96.7 cm³/mol. The maximum absolute atomic E-state index is 12.4. The molecule has 2 aromatic rings. The van der Waals surface area contributed by atoms with Crippen molar-refractivity contribution in [1.82, 2.24) is 10.3 Å². The Labute approximate surface area is 143 Å². The third-order valence-electron chi connectivity index (χ3n) is 3.55. The van der Waals surface area contributed by atoms with Gasteiger partial charge >= 0.3 is 0 Å². The number of hydrogen-bond donors (Lipinski definition) is 1. The van der Waals surface area contributed by atoms with E-state index in [1.165, 1.54) is 0 Å². The Kier molecular flexibility index (Phi) is 5.79. The van der Waals surface area contributed by atoms with Crippen LogP contribution in [0.2, 0.25) is 0 Å². The predicted octanol–water partition coefficient (Wildman–Crippen LogP) is 3.43. The standard InChI is InChI=1S/C19H25N3O2/c1-13(2)24-17-8-6-7-15(11-17)14(3)21-19(23)16-9-10-18(20-12-16)22(4)5/h6-14H,1-5H3,(H,21,23). The first kappa shape index (κ1) is 17.8. The van der Waals surface area contributed by atoms with Crippen LogP contribution in [0.3, 0.4) is 0 Å². The monoisotopic (exact) mass is 327 g/mol. The van der Waals surface area contributed by atoms with Gasteiger partial charge in [0.15, 0.2) is 0 Å². The molecule has 0 aliphatic heterocycles. The summed E-state index contributed by atoms with van der Waals surface area (Å²) in [4.78, 5) is 18.5. The number of hydrogen-bond acceptors (Lipinski definition) is 4. The molecular weight excluding hydrogens is 302 g/mol. The summed E-state index contributed by atoms with van der Waals surface area (Å²) in [7, 11) is 3.83. The van der Waals surface area contributed by atoms with Gasteiger partial charge in [-0.15, -0.1) is 0 Å². The fourth-order valence-corrected chi connectivity index (χ4v) is 2.28. The Morgan fingerprint density at radius 2 is 1.92 bits per heavy atom. The Bertz CT molecular complexity index is 681. The number of rotatable bonds is 6. The summed E-state index contributed by atoms with van der Waals surface area (Å²) in [5, 5.41) is 2.99. The molecule has 0 aliphatic carbocycles. The molecule has 5 nitrogen and oxygen atoms in total. The van der Waals surface area contributed by atoms with Crippen molar-refractivity contribution in [3.8, 4) is 5.75 Å². The molecule has 1 N–H and O–H groups in total. The number of carbonyl (C=O) groups is 1. The van der Waals surface area contributed by atoms with Gasteiger partial charge in [0.1, 0.15) is 11.6 Å². The lowest BCUT2D eigenvalue weighted by Crippen LogP contribution is -2.27. The SMILES string of the molecule is CC(C)Oc1cccc(C(C)NC(=O)c2ccc(N(C)C)nc2)c1. The van der Waals surface area contributed by atoms with E-state index in [9.17, 15) is 4.79 Å². The number of ether oxygens (including phenoxy) is 1. The number of nitrogens with zero attached hydrogens (tertiary/aromatic N) is 2. The summed E-state index contributed by atoms with van der Waals surface area (Å²) >= 11 is 0. The highest BCUT2D eigenvalue weighted by Gasteiger charge is 2.13. The third kappa shape index (κ3) is 4.72. The molecule has 24 heavy (non-hydrogen) atoms. The van der Waals surface area contributed by atoms with Gasteiger partial charge in [-0.2, -0.15) is 0 Å².